The zero-order chi connectivity index (χ0) is 11.0. The van der Waals surface area contributed by atoms with Crippen LogP contribution < -0.4 is 5.32 Å². The lowest BCUT2D eigenvalue weighted by Crippen LogP contribution is -2.58. The summed E-state index contributed by atoms with van der Waals surface area (Å²) in [6.07, 6.45) is 1.31. The van der Waals surface area contributed by atoms with E-state index < -0.39 is 0 Å². The maximum atomic E-state index is 12.0. The van der Waals surface area contributed by atoms with Crippen LogP contribution in [0.4, 0.5) is 0 Å². The second-order valence-electron chi connectivity index (χ2n) is 4.08. The van der Waals surface area contributed by atoms with Crippen molar-refractivity contribution in [1.82, 2.24) is 10.2 Å². The Labute approximate surface area is 88.8 Å². The first-order valence-corrected chi connectivity index (χ1v) is 5.26. The zero-order valence-corrected chi connectivity index (χ0v) is 9.03. The standard InChI is InChI=1S/C10H16N2O3/c1-6(13)8-3-4-9-12(8)10(14)7(11-2)5-15-9/h7-9,11H,3-5H2,1-2H3. The van der Waals surface area contributed by atoms with E-state index in [0.29, 0.717) is 6.61 Å². The molecule has 2 rings (SSSR count). The van der Waals surface area contributed by atoms with Gasteiger partial charge in [0.1, 0.15) is 12.3 Å². The summed E-state index contributed by atoms with van der Waals surface area (Å²) in [7, 11) is 1.73. The molecule has 0 bridgehead atoms. The average molecular weight is 212 g/mol. The molecular weight excluding hydrogens is 196 g/mol. The van der Waals surface area contributed by atoms with Crippen LogP contribution in [0.3, 0.4) is 0 Å². The molecule has 84 valence electrons. The molecular formula is C10H16N2O3. The summed E-state index contributed by atoms with van der Waals surface area (Å²) in [6.45, 7) is 1.93. The number of hydrogen-bond acceptors (Lipinski definition) is 4. The Morgan fingerprint density at radius 3 is 2.87 bits per heavy atom. The molecule has 0 aromatic carbocycles. The van der Waals surface area contributed by atoms with E-state index in [4.69, 9.17) is 4.74 Å². The number of Topliss-reactive ketones (excluding diaryl/α,β-unsaturated/α-hetero) is 1. The largest absolute Gasteiger partial charge is 0.356 e. The van der Waals surface area contributed by atoms with E-state index in [1.807, 2.05) is 0 Å². The molecule has 2 aliphatic heterocycles. The average Bonchev–Trinajstić information content (AvgIpc) is 2.63. The van der Waals surface area contributed by atoms with Gasteiger partial charge in [0.25, 0.3) is 0 Å². The fraction of sp³-hybridized carbons (Fsp3) is 0.800. The van der Waals surface area contributed by atoms with Crippen LogP contribution in [0, 0.1) is 0 Å². The van der Waals surface area contributed by atoms with E-state index in [9.17, 15) is 9.59 Å². The Balaban J connectivity index is 2.18. The second kappa shape index (κ2) is 3.90. The van der Waals surface area contributed by atoms with Crippen molar-refractivity contribution in [2.75, 3.05) is 13.7 Å². The lowest BCUT2D eigenvalue weighted by Gasteiger charge is -2.37. The molecule has 0 saturated carbocycles. The van der Waals surface area contributed by atoms with E-state index in [1.165, 1.54) is 6.92 Å². The van der Waals surface area contributed by atoms with Gasteiger partial charge in [0, 0.05) is 0 Å². The van der Waals surface area contributed by atoms with Gasteiger partial charge in [-0.25, -0.2) is 0 Å². The number of ether oxygens (including phenoxy) is 1. The Hall–Kier alpha value is -0.940. The number of likely N-dealkylation sites (N-methyl/N-ethyl adjacent to an activating group) is 1. The van der Waals surface area contributed by atoms with E-state index in [0.717, 1.165) is 12.8 Å². The zero-order valence-electron chi connectivity index (χ0n) is 9.03. The van der Waals surface area contributed by atoms with Crippen molar-refractivity contribution in [3.63, 3.8) is 0 Å². The number of amides is 1. The number of rotatable bonds is 2. The highest BCUT2D eigenvalue weighted by Crippen LogP contribution is 2.29. The summed E-state index contributed by atoms with van der Waals surface area (Å²) < 4.78 is 5.55. The summed E-state index contributed by atoms with van der Waals surface area (Å²) in [5.74, 6) is 0.0395. The minimum Gasteiger partial charge on any atom is -0.356 e. The Morgan fingerprint density at radius 2 is 2.27 bits per heavy atom. The highest BCUT2D eigenvalue weighted by molar-refractivity contribution is 5.90. The molecule has 2 heterocycles. The second-order valence-corrected chi connectivity index (χ2v) is 4.08. The number of carbonyl (C=O) groups is 2. The number of hydrogen-bond donors (Lipinski definition) is 1. The molecule has 2 fully saturated rings. The van der Waals surface area contributed by atoms with Crippen LogP contribution in [0.25, 0.3) is 0 Å². The molecule has 5 heteroatoms. The summed E-state index contributed by atoms with van der Waals surface area (Å²) in [4.78, 5) is 25.0. The molecule has 0 aromatic rings. The van der Waals surface area contributed by atoms with Gasteiger partial charge >= 0.3 is 0 Å². The third-order valence-corrected chi connectivity index (χ3v) is 3.16. The summed E-state index contributed by atoms with van der Waals surface area (Å²) in [5.41, 5.74) is 0. The number of fused-ring (bicyclic) bond motifs is 1. The van der Waals surface area contributed by atoms with Crippen molar-refractivity contribution >= 4 is 11.7 Å². The smallest absolute Gasteiger partial charge is 0.244 e. The van der Waals surface area contributed by atoms with Gasteiger partial charge in [0.05, 0.1) is 12.6 Å². The first-order chi connectivity index (χ1) is 7.15. The SMILES string of the molecule is CNC1COC2CCC(C(C)=O)N2C1=O. The quantitative estimate of drug-likeness (QED) is 0.671. The minimum absolute atomic E-state index is 0.00792. The van der Waals surface area contributed by atoms with Crippen molar-refractivity contribution in [3.05, 3.63) is 0 Å². The highest BCUT2D eigenvalue weighted by Gasteiger charge is 2.45. The van der Waals surface area contributed by atoms with Crippen molar-refractivity contribution in [2.45, 2.75) is 38.1 Å². The number of carbonyl (C=O) groups excluding carboxylic acids is 2. The van der Waals surface area contributed by atoms with Crippen LogP contribution in [-0.4, -0.2) is 48.6 Å². The summed E-state index contributed by atoms with van der Waals surface area (Å²) >= 11 is 0. The molecule has 3 atom stereocenters. The van der Waals surface area contributed by atoms with Gasteiger partial charge in [-0.3, -0.25) is 9.59 Å². The van der Waals surface area contributed by atoms with Gasteiger partial charge in [-0.1, -0.05) is 0 Å². The molecule has 3 unspecified atom stereocenters. The fourth-order valence-electron chi connectivity index (χ4n) is 2.30. The Morgan fingerprint density at radius 1 is 1.53 bits per heavy atom. The van der Waals surface area contributed by atoms with Crippen molar-refractivity contribution in [1.29, 1.82) is 0 Å². The van der Waals surface area contributed by atoms with Crippen LogP contribution >= 0.6 is 0 Å². The van der Waals surface area contributed by atoms with Crippen molar-refractivity contribution in [2.24, 2.45) is 0 Å². The summed E-state index contributed by atoms with van der Waals surface area (Å²) in [6, 6.07) is -0.583. The molecule has 1 N–H and O–H groups in total. The predicted octanol–water partition coefficient (Wildman–Crippen LogP) is -0.489. The van der Waals surface area contributed by atoms with E-state index >= 15 is 0 Å². The van der Waals surface area contributed by atoms with Crippen LogP contribution in [0.15, 0.2) is 0 Å². The molecule has 2 aliphatic rings. The monoisotopic (exact) mass is 212 g/mol. The number of nitrogens with zero attached hydrogens (tertiary/aromatic N) is 1. The van der Waals surface area contributed by atoms with Gasteiger partial charge in [0.2, 0.25) is 5.91 Å². The number of ketones is 1. The molecule has 5 nitrogen and oxygen atoms in total. The Bertz CT molecular complexity index is 292. The molecule has 1 amide bonds. The van der Waals surface area contributed by atoms with Crippen molar-refractivity contribution in [3.8, 4) is 0 Å². The maximum Gasteiger partial charge on any atom is 0.244 e. The van der Waals surface area contributed by atoms with Gasteiger partial charge in [-0.15, -0.1) is 0 Å². The van der Waals surface area contributed by atoms with Crippen LogP contribution in [0.1, 0.15) is 19.8 Å². The summed E-state index contributed by atoms with van der Waals surface area (Å²) in [5, 5.41) is 2.90. The minimum atomic E-state index is -0.304. The third-order valence-electron chi connectivity index (χ3n) is 3.16. The first kappa shape index (κ1) is 10.6. The lowest BCUT2D eigenvalue weighted by atomic mass is 10.1. The van der Waals surface area contributed by atoms with Gasteiger partial charge < -0.3 is 15.0 Å². The first-order valence-electron chi connectivity index (χ1n) is 5.26. The van der Waals surface area contributed by atoms with Crippen LogP contribution in [0.2, 0.25) is 0 Å². The van der Waals surface area contributed by atoms with Gasteiger partial charge in [-0.2, -0.15) is 0 Å². The molecule has 0 spiro atoms. The molecule has 0 aliphatic carbocycles. The highest BCUT2D eigenvalue weighted by atomic mass is 16.5. The van der Waals surface area contributed by atoms with Gasteiger partial charge in [-0.05, 0) is 26.8 Å². The van der Waals surface area contributed by atoms with Crippen molar-refractivity contribution < 1.29 is 14.3 Å². The van der Waals surface area contributed by atoms with E-state index in [2.05, 4.69) is 5.32 Å². The van der Waals surface area contributed by atoms with E-state index in [1.54, 1.807) is 11.9 Å². The fourth-order valence-corrected chi connectivity index (χ4v) is 2.30. The predicted molar refractivity (Wildman–Crippen MR) is 53.1 cm³/mol. The van der Waals surface area contributed by atoms with Crippen LogP contribution in [-0.2, 0) is 14.3 Å². The van der Waals surface area contributed by atoms with E-state index in [-0.39, 0.29) is 30.0 Å². The van der Waals surface area contributed by atoms with Crippen LogP contribution in [0.5, 0.6) is 0 Å². The van der Waals surface area contributed by atoms with Gasteiger partial charge in [0.15, 0.2) is 5.78 Å². The topological polar surface area (TPSA) is 58.6 Å². The molecule has 15 heavy (non-hydrogen) atoms. The molecule has 0 radical (unpaired) electrons. The Kier molecular flexibility index (Phi) is 2.75. The third kappa shape index (κ3) is 1.66. The maximum absolute atomic E-state index is 12.0. The number of nitrogens with one attached hydrogen (secondary N) is 1. The molecule has 0 aromatic heterocycles. The molecule has 2 saturated heterocycles. The normalized spacial score (nSPS) is 35.5. The lowest BCUT2D eigenvalue weighted by molar-refractivity contribution is -0.165.